The van der Waals surface area contributed by atoms with Crippen LogP contribution in [0.25, 0.3) is 0 Å². The van der Waals surface area contributed by atoms with Gasteiger partial charge in [-0.3, -0.25) is 0 Å². The highest BCUT2D eigenvalue weighted by atomic mass is 35.5. The number of anilines is 2. The van der Waals surface area contributed by atoms with E-state index in [4.69, 9.17) is 17.3 Å². The molecule has 0 spiro atoms. The van der Waals surface area contributed by atoms with Crippen molar-refractivity contribution < 1.29 is 0 Å². The number of nitrogens with two attached hydrogens (primary N) is 1. The minimum absolute atomic E-state index is 0.341. The van der Waals surface area contributed by atoms with Crippen molar-refractivity contribution in [3.63, 3.8) is 0 Å². The summed E-state index contributed by atoms with van der Waals surface area (Å²) in [6.45, 7) is 2.14. The molecule has 0 aliphatic carbocycles. The SMILES string of the molecule is CC(Cc1ccsc1)Nc1ccc(Cl)cc1N. The summed E-state index contributed by atoms with van der Waals surface area (Å²) < 4.78 is 0. The molecular weight excluding hydrogens is 252 g/mol. The lowest BCUT2D eigenvalue weighted by Crippen LogP contribution is -2.18. The fraction of sp³-hybridized carbons (Fsp3) is 0.231. The Hall–Kier alpha value is -1.19. The monoisotopic (exact) mass is 266 g/mol. The molecule has 0 aliphatic rings. The summed E-state index contributed by atoms with van der Waals surface area (Å²) in [6.07, 6.45) is 0.992. The zero-order valence-electron chi connectivity index (χ0n) is 9.61. The van der Waals surface area contributed by atoms with E-state index in [2.05, 4.69) is 29.1 Å². The first-order chi connectivity index (χ1) is 8.15. The van der Waals surface area contributed by atoms with Gasteiger partial charge in [0.15, 0.2) is 0 Å². The van der Waals surface area contributed by atoms with Crippen LogP contribution in [0, 0.1) is 0 Å². The molecule has 1 aromatic carbocycles. The van der Waals surface area contributed by atoms with Crippen LogP contribution in [0.1, 0.15) is 12.5 Å². The van der Waals surface area contributed by atoms with Crippen LogP contribution < -0.4 is 11.1 Å². The van der Waals surface area contributed by atoms with Crippen LogP contribution in [0.5, 0.6) is 0 Å². The second kappa shape index (κ2) is 5.43. The molecule has 90 valence electrons. The molecule has 0 saturated carbocycles. The Balaban J connectivity index is 2.00. The number of rotatable bonds is 4. The summed E-state index contributed by atoms with van der Waals surface area (Å²) in [7, 11) is 0. The second-order valence-electron chi connectivity index (χ2n) is 4.11. The van der Waals surface area contributed by atoms with Crippen molar-refractivity contribution in [2.75, 3.05) is 11.1 Å². The molecule has 2 rings (SSSR count). The highest BCUT2D eigenvalue weighted by molar-refractivity contribution is 7.07. The summed E-state index contributed by atoms with van der Waals surface area (Å²) >= 11 is 7.59. The number of hydrogen-bond acceptors (Lipinski definition) is 3. The molecule has 0 saturated heterocycles. The van der Waals surface area contributed by atoms with Gasteiger partial charge in [-0.15, -0.1) is 0 Å². The average Bonchev–Trinajstić information content (AvgIpc) is 2.75. The van der Waals surface area contributed by atoms with Crippen molar-refractivity contribution in [3.8, 4) is 0 Å². The van der Waals surface area contributed by atoms with Crippen LogP contribution in [-0.4, -0.2) is 6.04 Å². The molecule has 0 fully saturated rings. The number of thiophene rings is 1. The van der Waals surface area contributed by atoms with E-state index in [0.717, 1.165) is 12.1 Å². The van der Waals surface area contributed by atoms with Gasteiger partial charge in [0.2, 0.25) is 0 Å². The van der Waals surface area contributed by atoms with Gasteiger partial charge in [-0.1, -0.05) is 11.6 Å². The van der Waals surface area contributed by atoms with Gasteiger partial charge in [0.25, 0.3) is 0 Å². The molecule has 3 N–H and O–H groups in total. The van der Waals surface area contributed by atoms with E-state index < -0.39 is 0 Å². The van der Waals surface area contributed by atoms with Crippen LogP contribution >= 0.6 is 22.9 Å². The van der Waals surface area contributed by atoms with E-state index in [-0.39, 0.29) is 0 Å². The van der Waals surface area contributed by atoms with Crippen LogP contribution in [0.2, 0.25) is 5.02 Å². The Morgan fingerprint density at radius 1 is 1.41 bits per heavy atom. The molecule has 1 unspecified atom stereocenters. The lowest BCUT2D eigenvalue weighted by Gasteiger charge is -2.16. The smallest absolute Gasteiger partial charge is 0.0577 e. The topological polar surface area (TPSA) is 38.0 Å². The van der Waals surface area contributed by atoms with E-state index in [9.17, 15) is 0 Å². The molecule has 2 nitrogen and oxygen atoms in total. The van der Waals surface area contributed by atoms with Gasteiger partial charge in [-0.25, -0.2) is 0 Å². The molecule has 0 radical (unpaired) electrons. The lowest BCUT2D eigenvalue weighted by atomic mass is 10.1. The first-order valence-electron chi connectivity index (χ1n) is 5.48. The highest BCUT2D eigenvalue weighted by Gasteiger charge is 2.06. The number of benzene rings is 1. The quantitative estimate of drug-likeness (QED) is 0.820. The number of halogens is 1. The normalized spacial score (nSPS) is 12.4. The molecule has 4 heteroatoms. The predicted octanol–water partition coefficient (Wildman–Crippen LogP) is 4.03. The zero-order chi connectivity index (χ0) is 12.3. The molecule has 0 aliphatic heterocycles. The molecule has 0 amide bonds. The third kappa shape index (κ3) is 3.38. The Kier molecular flexibility index (Phi) is 3.92. The van der Waals surface area contributed by atoms with Crippen molar-refractivity contribution in [1.82, 2.24) is 0 Å². The number of hydrogen-bond donors (Lipinski definition) is 2. The van der Waals surface area contributed by atoms with Crippen molar-refractivity contribution >= 4 is 34.3 Å². The van der Waals surface area contributed by atoms with Crippen LogP contribution in [0.4, 0.5) is 11.4 Å². The van der Waals surface area contributed by atoms with Crippen molar-refractivity contribution in [1.29, 1.82) is 0 Å². The molecule has 1 atom stereocenters. The molecule has 0 bridgehead atoms. The number of nitrogen functional groups attached to an aromatic ring is 1. The summed E-state index contributed by atoms with van der Waals surface area (Å²) in [4.78, 5) is 0. The molecule has 2 aromatic rings. The largest absolute Gasteiger partial charge is 0.397 e. The Bertz CT molecular complexity index is 482. The van der Waals surface area contributed by atoms with Crippen molar-refractivity contribution in [3.05, 3.63) is 45.6 Å². The fourth-order valence-corrected chi connectivity index (χ4v) is 2.61. The first-order valence-corrected chi connectivity index (χ1v) is 6.80. The molecular formula is C13H15ClN2S. The van der Waals surface area contributed by atoms with E-state index in [1.807, 2.05) is 12.1 Å². The predicted molar refractivity (Wildman–Crippen MR) is 77.0 cm³/mol. The van der Waals surface area contributed by atoms with Crippen LogP contribution in [0.3, 0.4) is 0 Å². The summed E-state index contributed by atoms with van der Waals surface area (Å²) in [5, 5.41) is 8.33. The highest BCUT2D eigenvalue weighted by Crippen LogP contribution is 2.23. The Morgan fingerprint density at radius 2 is 2.24 bits per heavy atom. The van der Waals surface area contributed by atoms with Gasteiger partial charge in [0.05, 0.1) is 11.4 Å². The molecule has 1 aromatic heterocycles. The minimum Gasteiger partial charge on any atom is -0.397 e. The summed E-state index contributed by atoms with van der Waals surface area (Å²) in [5.41, 5.74) is 8.88. The maximum atomic E-state index is 5.90. The third-order valence-electron chi connectivity index (χ3n) is 2.54. The Morgan fingerprint density at radius 3 is 2.88 bits per heavy atom. The first kappa shape index (κ1) is 12.3. The minimum atomic E-state index is 0.341. The Labute approximate surface area is 110 Å². The van der Waals surface area contributed by atoms with E-state index in [1.54, 1.807) is 17.4 Å². The van der Waals surface area contributed by atoms with Crippen LogP contribution in [-0.2, 0) is 6.42 Å². The molecule has 17 heavy (non-hydrogen) atoms. The molecule has 1 heterocycles. The van der Waals surface area contributed by atoms with Gasteiger partial charge < -0.3 is 11.1 Å². The summed E-state index contributed by atoms with van der Waals surface area (Å²) in [5.74, 6) is 0. The second-order valence-corrected chi connectivity index (χ2v) is 5.33. The van der Waals surface area contributed by atoms with Crippen molar-refractivity contribution in [2.24, 2.45) is 0 Å². The van der Waals surface area contributed by atoms with Gasteiger partial charge in [-0.2, -0.15) is 11.3 Å². The maximum Gasteiger partial charge on any atom is 0.0577 e. The van der Waals surface area contributed by atoms with Crippen LogP contribution in [0.15, 0.2) is 35.0 Å². The van der Waals surface area contributed by atoms with E-state index >= 15 is 0 Å². The number of nitrogens with one attached hydrogen (secondary N) is 1. The van der Waals surface area contributed by atoms with E-state index in [1.165, 1.54) is 5.56 Å². The third-order valence-corrected chi connectivity index (χ3v) is 3.50. The average molecular weight is 267 g/mol. The van der Waals surface area contributed by atoms with Gasteiger partial charge in [-0.05, 0) is 53.9 Å². The zero-order valence-corrected chi connectivity index (χ0v) is 11.2. The summed E-state index contributed by atoms with van der Waals surface area (Å²) in [6, 6.07) is 8.02. The standard InChI is InChI=1S/C13H15ClN2S/c1-9(6-10-4-5-17-8-10)16-13-3-2-11(14)7-12(13)15/h2-5,7-9,16H,6,15H2,1H3. The van der Waals surface area contributed by atoms with E-state index in [0.29, 0.717) is 16.8 Å². The fourth-order valence-electron chi connectivity index (χ4n) is 1.74. The van der Waals surface area contributed by atoms with Gasteiger partial charge in [0, 0.05) is 11.1 Å². The lowest BCUT2D eigenvalue weighted by molar-refractivity contribution is 0.793. The van der Waals surface area contributed by atoms with Crippen molar-refractivity contribution in [2.45, 2.75) is 19.4 Å². The maximum absolute atomic E-state index is 5.90. The van der Waals surface area contributed by atoms with Gasteiger partial charge in [0.1, 0.15) is 0 Å². The van der Waals surface area contributed by atoms with Gasteiger partial charge >= 0.3 is 0 Å².